The number of quaternary nitrogens is 2. The molecule has 5 unspecified atom stereocenters. The maximum absolute atomic E-state index is 11.9. The van der Waals surface area contributed by atoms with E-state index < -0.39 is 27.1 Å². The lowest BCUT2D eigenvalue weighted by Gasteiger charge is -2.33. The van der Waals surface area contributed by atoms with Gasteiger partial charge in [-0.05, 0) is 75.0 Å². The number of hydrogen-bond acceptors (Lipinski definition) is 7. The lowest BCUT2D eigenvalue weighted by Crippen LogP contribution is -3.20. The van der Waals surface area contributed by atoms with Crippen molar-refractivity contribution in [3.63, 3.8) is 0 Å². The minimum absolute atomic E-state index is 0.0202. The molecule has 1 rings (SSSR count). The van der Waals surface area contributed by atoms with Crippen molar-refractivity contribution in [3.05, 3.63) is 82.6 Å². The average molecular weight is 422 g/mol. The second-order valence-corrected chi connectivity index (χ2v) is 7.97. The molecule has 0 aromatic carbocycles. The molecule has 0 fully saturated rings. The Morgan fingerprint density at radius 2 is 1.90 bits per heavy atom. The van der Waals surface area contributed by atoms with Gasteiger partial charge in [-0.25, -0.2) is 0 Å². The highest BCUT2D eigenvalue weighted by Crippen LogP contribution is 2.19. The van der Waals surface area contributed by atoms with E-state index in [1.54, 1.807) is 57.2 Å². The van der Waals surface area contributed by atoms with E-state index in [0.717, 1.165) is 6.42 Å². The molecule has 9 nitrogen and oxygen atoms in total. The van der Waals surface area contributed by atoms with Gasteiger partial charge in [0.2, 0.25) is 0 Å². The van der Waals surface area contributed by atoms with E-state index in [1.807, 2.05) is 13.0 Å². The van der Waals surface area contributed by atoms with Crippen LogP contribution >= 0.6 is 0 Å². The molecule has 0 aliphatic heterocycles. The lowest BCUT2D eigenvalue weighted by molar-refractivity contribution is -0.899. The van der Waals surface area contributed by atoms with E-state index in [9.17, 15) is 20.6 Å². The molecule has 0 aromatic rings. The van der Waals surface area contributed by atoms with Gasteiger partial charge in [0.25, 0.3) is 0 Å². The summed E-state index contributed by atoms with van der Waals surface area (Å²) in [7, 11) is 0. The second-order valence-electron chi connectivity index (χ2n) is 7.97. The Labute approximate surface area is 178 Å². The standard InChI is InChI=1S/C21H35N5O4/c1-5-6-8-17(15-20(3,27)10-7-14-25(22)29)24-18-9-11-19(2,26(23)30)12-13-21(4,28)16-18/h6-13,15-16,24-28H,5,14,22-23H2,1-4H3/b8-6-,10-7-,11-9?,13-12?,17-15+,18-16?. The summed E-state index contributed by atoms with van der Waals surface area (Å²) in [6.45, 7) is 6.80. The molecule has 9 heteroatoms. The van der Waals surface area contributed by atoms with E-state index in [0.29, 0.717) is 11.4 Å². The normalized spacial score (nSPS) is 29.4. The third kappa shape index (κ3) is 9.16. The van der Waals surface area contributed by atoms with E-state index in [4.69, 9.17) is 11.7 Å². The molecule has 9 N–H and O–H groups in total. The molecule has 5 atom stereocenters. The van der Waals surface area contributed by atoms with E-state index in [-0.39, 0.29) is 6.54 Å². The number of hydroxylamine groups is 2. The van der Waals surface area contributed by atoms with Gasteiger partial charge in [-0.1, -0.05) is 13.0 Å². The molecule has 0 bridgehead atoms. The number of nitrogens with two attached hydrogens (primary N) is 2. The Kier molecular flexibility index (Phi) is 9.35. The van der Waals surface area contributed by atoms with Crippen LogP contribution in [0.1, 0.15) is 34.1 Å². The molecular formula is C21H35N5O4. The van der Waals surface area contributed by atoms with Crippen LogP contribution in [0.15, 0.2) is 72.2 Å². The Bertz CT molecular complexity index is 748. The van der Waals surface area contributed by atoms with Gasteiger partial charge in [-0.2, -0.15) is 11.7 Å². The van der Waals surface area contributed by atoms with Gasteiger partial charge in [0.05, 0.1) is 0 Å². The molecule has 1 aliphatic carbocycles. The molecule has 0 amide bonds. The van der Waals surface area contributed by atoms with Crippen molar-refractivity contribution in [3.8, 4) is 0 Å². The highest BCUT2D eigenvalue weighted by atomic mass is 16.5. The summed E-state index contributed by atoms with van der Waals surface area (Å²) in [5, 5.41) is 46.2. The molecule has 0 saturated carbocycles. The maximum atomic E-state index is 11.9. The third-order valence-electron chi connectivity index (χ3n) is 4.40. The van der Waals surface area contributed by atoms with Gasteiger partial charge in [0.1, 0.15) is 23.3 Å². The van der Waals surface area contributed by atoms with Crippen LogP contribution in [0.5, 0.6) is 0 Å². The van der Waals surface area contributed by atoms with Crippen LogP contribution in [0.4, 0.5) is 0 Å². The Morgan fingerprint density at radius 1 is 1.23 bits per heavy atom. The van der Waals surface area contributed by atoms with Crippen LogP contribution < -0.4 is 27.3 Å². The molecule has 0 radical (unpaired) electrons. The van der Waals surface area contributed by atoms with Crippen LogP contribution in [0.3, 0.4) is 0 Å². The lowest BCUT2D eigenvalue weighted by atomic mass is 9.93. The number of hydrogen-bond donors (Lipinski definition) is 7. The minimum atomic E-state index is -1.36. The average Bonchev–Trinajstić information content (AvgIpc) is 2.60. The molecule has 1 aliphatic rings. The fourth-order valence-corrected chi connectivity index (χ4v) is 2.63. The molecular weight excluding hydrogens is 386 g/mol. The van der Waals surface area contributed by atoms with Crippen LogP contribution in [0.25, 0.3) is 0 Å². The van der Waals surface area contributed by atoms with E-state index in [1.165, 1.54) is 18.2 Å². The maximum Gasteiger partial charge on any atom is 0.149 e. The summed E-state index contributed by atoms with van der Waals surface area (Å²) in [5.41, 5.74) is -2.67. The van der Waals surface area contributed by atoms with Gasteiger partial charge in [-0.15, -0.1) is 0 Å². The van der Waals surface area contributed by atoms with Gasteiger partial charge in [-0.3, -0.25) is 10.3 Å². The van der Waals surface area contributed by atoms with Gasteiger partial charge in [0.15, 0.2) is 0 Å². The van der Waals surface area contributed by atoms with Crippen molar-refractivity contribution < 1.29 is 20.6 Å². The first kappa shape index (κ1) is 26.0. The summed E-state index contributed by atoms with van der Waals surface area (Å²) < 4.78 is 0. The van der Waals surface area contributed by atoms with Gasteiger partial charge in [0, 0.05) is 18.3 Å². The Balaban J connectivity index is 3.27. The minimum Gasteiger partial charge on any atom is -0.613 e. The Hall–Kier alpha value is -2.08. The highest BCUT2D eigenvalue weighted by Gasteiger charge is 2.27. The zero-order valence-electron chi connectivity index (χ0n) is 18.1. The first-order chi connectivity index (χ1) is 13.8. The van der Waals surface area contributed by atoms with Crippen molar-refractivity contribution in [2.24, 2.45) is 11.7 Å². The van der Waals surface area contributed by atoms with Crippen LogP contribution in [0.2, 0.25) is 0 Å². The summed E-state index contributed by atoms with van der Waals surface area (Å²) in [6, 6.07) is 0. The first-order valence-electron chi connectivity index (χ1n) is 9.78. The van der Waals surface area contributed by atoms with Crippen LogP contribution in [0, 0.1) is 10.4 Å². The quantitative estimate of drug-likeness (QED) is 0.106. The van der Waals surface area contributed by atoms with Crippen LogP contribution in [-0.2, 0) is 0 Å². The smallest absolute Gasteiger partial charge is 0.149 e. The molecule has 0 spiro atoms. The highest BCUT2D eigenvalue weighted by molar-refractivity contribution is 5.36. The zero-order chi connectivity index (χ0) is 23.0. The number of nitrogens with one attached hydrogen (secondary N) is 3. The molecule has 168 valence electrons. The predicted molar refractivity (Wildman–Crippen MR) is 118 cm³/mol. The van der Waals surface area contributed by atoms with E-state index in [2.05, 4.69) is 5.32 Å². The van der Waals surface area contributed by atoms with Gasteiger partial charge >= 0.3 is 0 Å². The molecule has 0 heterocycles. The number of rotatable bonds is 9. The second kappa shape index (κ2) is 10.8. The molecule has 0 aromatic heterocycles. The number of allylic oxidation sites excluding steroid dienone is 3. The molecule has 0 saturated heterocycles. The van der Waals surface area contributed by atoms with E-state index >= 15 is 0 Å². The van der Waals surface area contributed by atoms with Gasteiger partial charge < -0.3 is 25.9 Å². The fraction of sp³-hybridized carbons (Fsp3) is 0.429. The van der Waals surface area contributed by atoms with Crippen molar-refractivity contribution in [2.45, 2.75) is 50.9 Å². The van der Waals surface area contributed by atoms with Crippen LogP contribution in [-0.4, -0.2) is 33.5 Å². The predicted octanol–water partition coefficient (Wildman–Crippen LogP) is -1.23. The molecule has 30 heavy (non-hydrogen) atoms. The topological polar surface area (TPSA) is 160 Å². The number of aliphatic hydroxyl groups is 2. The Morgan fingerprint density at radius 3 is 2.47 bits per heavy atom. The SMILES string of the molecule is CC/C=C\C(=C/C(C)(O)/C=C\C[NH+](N)[O-])NC1=CC(C)(O)C=CC(C)([NH+](N)[O-])C=C1. The summed E-state index contributed by atoms with van der Waals surface area (Å²) in [6.07, 6.45) is 17.0. The summed E-state index contributed by atoms with van der Waals surface area (Å²) in [5.74, 6) is 10.6. The monoisotopic (exact) mass is 421 g/mol. The summed E-state index contributed by atoms with van der Waals surface area (Å²) in [4.78, 5) is 0. The van der Waals surface area contributed by atoms with Crippen molar-refractivity contribution in [1.29, 1.82) is 0 Å². The van der Waals surface area contributed by atoms with Crippen molar-refractivity contribution in [2.75, 3.05) is 6.54 Å². The first-order valence-corrected chi connectivity index (χ1v) is 9.78. The van der Waals surface area contributed by atoms with Crippen molar-refractivity contribution >= 4 is 0 Å². The largest absolute Gasteiger partial charge is 0.613 e. The van der Waals surface area contributed by atoms with Crippen molar-refractivity contribution in [1.82, 2.24) is 5.32 Å². The summed E-state index contributed by atoms with van der Waals surface area (Å²) >= 11 is 0. The fourth-order valence-electron chi connectivity index (χ4n) is 2.63. The zero-order valence-corrected chi connectivity index (χ0v) is 18.1. The third-order valence-corrected chi connectivity index (χ3v) is 4.40.